The van der Waals surface area contributed by atoms with Crippen molar-refractivity contribution >= 4 is 5.78 Å². The van der Waals surface area contributed by atoms with Crippen LogP contribution in [0.1, 0.15) is 40.7 Å². The quantitative estimate of drug-likeness (QED) is 0.765. The number of rotatable bonds is 5. The number of benzene rings is 2. The highest BCUT2D eigenvalue weighted by atomic mass is 16.5. The van der Waals surface area contributed by atoms with E-state index in [4.69, 9.17) is 4.74 Å². The summed E-state index contributed by atoms with van der Waals surface area (Å²) in [4.78, 5) is 12.5. The molecule has 1 atom stereocenters. The molecule has 0 N–H and O–H groups in total. The zero-order valence-corrected chi connectivity index (χ0v) is 11.6. The van der Waals surface area contributed by atoms with E-state index < -0.39 is 0 Å². The Morgan fingerprint density at radius 1 is 1.15 bits per heavy atom. The van der Waals surface area contributed by atoms with Crippen LogP contribution in [0.4, 0.5) is 0 Å². The largest absolute Gasteiger partial charge is 0.494 e. The average molecular weight is 266 g/mol. The van der Waals surface area contributed by atoms with Gasteiger partial charge in [-0.05, 0) is 48.2 Å². The predicted octanol–water partition coefficient (Wildman–Crippen LogP) is 4.00. The van der Waals surface area contributed by atoms with E-state index in [-0.39, 0.29) is 11.7 Å². The Balaban J connectivity index is 1.73. The van der Waals surface area contributed by atoms with Gasteiger partial charge >= 0.3 is 0 Å². The number of ether oxygens (including phenoxy) is 1. The smallest absolute Gasteiger partial charge is 0.170 e. The molecule has 2 nitrogen and oxygen atoms in total. The Morgan fingerprint density at radius 2 is 1.90 bits per heavy atom. The van der Waals surface area contributed by atoms with Gasteiger partial charge in [0.15, 0.2) is 5.78 Å². The van der Waals surface area contributed by atoms with Crippen molar-refractivity contribution in [2.75, 3.05) is 6.61 Å². The molecule has 2 heteroatoms. The monoisotopic (exact) mass is 266 g/mol. The second-order valence-corrected chi connectivity index (χ2v) is 5.19. The van der Waals surface area contributed by atoms with E-state index in [9.17, 15) is 4.79 Å². The maximum atomic E-state index is 12.5. The van der Waals surface area contributed by atoms with Gasteiger partial charge in [0, 0.05) is 5.56 Å². The van der Waals surface area contributed by atoms with E-state index in [1.807, 2.05) is 36.4 Å². The number of Topliss-reactive ketones (excluding diaryl/α,β-unsaturated/α-hetero) is 1. The first-order valence-electron chi connectivity index (χ1n) is 7.14. The van der Waals surface area contributed by atoms with E-state index in [1.165, 1.54) is 11.1 Å². The molecule has 3 rings (SSSR count). The van der Waals surface area contributed by atoms with Crippen molar-refractivity contribution in [3.63, 3.8) is 0 Å². The lowest BCUT2D eigenvalue weighted by Gasteiger charge is -2.28. The Morgan fingerprint density at radius 3 is 2.60 bits per heavy atom. The highest BCUT2D eigenvalue weighted by molar-refractivity contribution is 6.02. The highest BCUT2D eigenvalue weighted by Gasteiger charge is 2.32. The van der Waals surface area contributed by atoms with Crippen LogP contribution in [0.2, 0.25) is 0 Å². The molecule has 0 aliphatic heterocycles. The van der Waals surface area contributed by atoms with Gasteiger partial charge in [-0.3, -0.25) is 4.79 Å². The average Bonchev–Trinajstić information content (AvgIpc) is 2.47. The molecule has 0 amide bonds. The van der Waals surface area contributed by atoms with Gasteiger partial charge in [-0.15, -0.1) is 0 Å². The molecule has 0 fully saturated rings. The van der Waals surface area contributed by atoms with E-state index in [2.05, 4.69) is 19.1 Å². The number of carbonyl (C=O) groups excluding carboxylic acids is 1. The molecule has 102 valence electrons. The third-order valence-corrected chi connectivity index (χ3v) is 3.78. The van der Waals surface area contributed by atoms with Crippen molar-refractivity contribution in [3.8, 4) is 5.75 Å². The Kier molecular flexibility index (Phi) is 3.55. The van der Waals surface area contributed by atoms with Gasteiger partial charge in [0.1, 0.15) is 5.75 Å². The van der Waals surface area contributed by atoms with Gasteiger partial charge < -0.3 is 4.74 Å². The lowest BCUT2D eigenvalue weighted by Crippen LogP contribution is -2.25. The van der Waals surface area contributed by atoms with Crippen molar-refractivity contribution in [1.82, 2.24) is 0 Å². The maximum absolute atomic E-state index is 12.5. The molecular weight excluding hydrogens is 248 g/mol. The molecule has 0 spiro atoms. The predicted molar refractivity (Wildman–Crippen MR) is 79.4 cm³/mol. The standard InChI is InChI=1S/C18H18O2/c1-2-11-20-15-9-7-13(8-10-15)18(19)17-12-14-5-3-4-6-16(14)17/h3-10,17H,2,11-12H2,1H3. The van der Waals surface area contributed by atoms with Crippen molar-refractivity contribution in [2.24, 2.45) is 0 Å². The highest BCUT2D eigenvalue weighted by Crippen LogP contribution is 2.37. The molecule has 0 heterocycles. The summed E-state index contributed by atoms with van der Waals surface area (Å²) in [6.45, 7) is 2.79. The van der Waals surface area contributed by atoms with Crippen LogP contribution in [0.25, 0.3) is 0 Å². The molecule has 1 aliphatic carbocycles. The number of hydrogen-bond acceptors (Lipinski definition) is 2. The fourth-order valence-corrected chi connectivity index (χ4v) is 2.63. The number of ketones is 1. The summed E-state index contributed by atoms with van der Waals surface area (Å²) in [5.74, 6) is 1.08. The Hall–Kier alpha value is -2.09. The molecule has 2 aromatic carbocycles. The van der Waals surface area contributed by atoms with Crippen LogP contribution in [-0.4, -0.2) is 12.4 Å². The number of hydrogen-bond donors (Lipinski definition) is 0. The Labute approximate surface area is 119 Å². The fraction of sp³-hybridized carbons (Fsp3) is 0.278. The van der Waals surface area contributed by atoms with Gasteiger partial charge in [0.2, 0.25) is 0 Å². The summed E-state index contributed by atoms with van der Waals surface area (Å²) in [6.07, 6.45) is 1.85. The molecule has 1 unspecified atom stereocenters. The second kappa shape index (κ2) is 5.49. The molecule has 0 radical (unpaired) electrons. The van der Waals surface area contributed by atoms with E-state index in [0.29, 0.717) is 6.61 Å². The molecule has 2 aromatic rings. The summed E-state index contributed by atoms with van der Waals surface area (Å²) >= 11 is 0. The summed E-state index contributed by atoms with van der Waals surface area (Å²) in [6, 6.07) is 15.7. The lowest BCUT2D eigenvalue weighted by molar-refractivity contribution is 0.0949. The molecule has 1 aliphatic rings. The second-order valence-electron chi connectivity index (χ2n) is 5.19. The van der Waals surface area contributed by atoms with Crippen LogP contribution < -0.4 is 4.74 Å². The first-order valence-corrected chi connectivity index (χ1v) is 7.14. The van der Waals surface area contributed by atoms with Gasteiger partial charge in [0.05, 0.1) is 12.5 Å². The van der Waals surface area contributed by atoms with E-state index >= 15 is 0 Å². The van der Waals surface area contributed by atoms with Crippen LogP contribution in [0.15, 0.2) is 48.5 Å². The normalized spacial score (nSPS) is 16.1. The maximum Gasteiger partial charge on any atom is 0.170 e. The van der Waals surface area contributed by atoms with Crippen LogP contribution in [0, 0.1) is 0 Å². The fourth-order valence-electron chi connectivity index (χ4n) is 2.63. The van der Waals surface area contributed by atoms with Gasteiger partial charge in [-0.25, -0.2) is 0 Å². The van der Waals surface area contributed by atoms with E-state index in [0.717, 1.165) is 24.2 Å². The molecule has 0 saturated carbocycles. The van der Waals surface area contributed by atoms with Crippen molar-refractivity contribution in [3.05, 3.63) is 65.2 Å². The minimum absolute atomic E-state index is 0.0358. The zero-order valence-electron chi connectivity index (χ0n) is 11.6. The number of fused-ring (bicyclic) bond motifs is 1. The third kappa shape index (κ3) is 2.34. The van der Waals surface area contributed by atoms with Crippen LogP contribution >= 0.6 is 0 Å². The zero-order chi connectivity index (χ0) is 13.9. The first-order chi connectivity index (χ1) is 9.79. The topological polar surface area (TPSA) is 26.3 Å². The van der Waals surface area contributed by atoms with Crippen LogP contribution in [0.5, 0.6) is 5.75 Å². The van der Waals surface area contributed by atoms with Crippen molar-refractivity contribution in [1.29, 1.82) is 0 Å². The van der Waals surface area contributed by atoms with Crippen LogP contribution in [-0.2, 0) is 6.42 Å². The molecule has 20 heavy (non-hydrogen) atoms. The van der Waals surface area contributed by atoms with Gasteiger partial charge in [-0.2, -0.15) is 0 Å². The van der Waals surface area contributed by atoms with Crippen molar-refractivity contribution < 1.29 is 9.53 Å². The molecule has 0 aromatic heterocycles. The van der Waals surface area contributed by atoms with Crippen LogP contribution in [0.3, 0.4) is 0 Å². The van der Waals surface area contributed by atoms with E-state index in [1.54, 1.807) is 0 Å². The minimum Gasteiger partial charge on any atom is -0.494 e. The summed E-state index contributed by atoms with van der Waals surface area (Å²) in [5, 5.41) is 0. The minimum atomic E-state index is 0.0358. The number of carbonyl (C=O) groups is 1. The van der Waals surface area contributed by atoms with Gasteiger partial charge in [-0.1, -0.05) is 31.2 Å². The SMILES string of the molecule is CCCOc1ccc(C(=O)C2Cc3ccccc32)cc1. The lowest BCUT2D eigenvalue weighted by atomic mass is 9.74. The Bertz CT molecular complexity index is 614. The molecular formula is C18H18O2. The third-order valence-electron chi connectivity index (χ3n) is 3.78. The summed E-state index contributed by atoms with van der Waals surface area (Å²) in [5.41, 5.74) is 3.26. The van der Waals surface area contributed by atoms with Gasteiger partial charge in [0.25, 0.3) is 0 Å². The first kappa shape index (κ1) is 12.9. The summed E-state index contributed by atoms with van der Waals surface area (Å²) < 4.78 is 5.54. The molecule has 0 saturated heterocycles. The molecule has 0 bridgehead atoms. The van der Waals surface area contributed by atoms with Crippen molar-refractivity contribution in [2.45, 2.75) is 25.7 Å². The summed E-state index contributed by atoms with van der Waals surface area (Å²) in [7, 11) is 0.